The summed E-state index contributed by atoms with van der Waals surface area (Å²) in [6.07, 6.45) is 0.973. The number of aliphatic hydroxyl groups is 2. The summed E-state index contributed by atoms with van der Waals surface area (Å²) >= 11 is 0. The Labute approximate surface area is 194 Å². The second kappa shape index (κ2) is 8.69. The van der Waals surface area contributed by atoms with Crippen LogP contribution in [-0.4, -0.2) is 34.9 Å². The number of benzene rings is 1. The first-order chi connectivity index (χ1) is 15.2. The predicted octanol–water partition coefficient (Wildman–Crippen LogP) is 5.11. The lowest BCUT2D eigenvalue weighted by atomic mass is 9.67. The van der Waals surface area contributed by atoms with Gasteiger partial charge in [0.1, 0.15) is 11.5 Å². The van der Waals surface area contributed by atoms with Gasteiger partial charge in [0.05, 0.1) is 7.11 Å². The second-order valence-corrected chi connectivity index (χ2v) is 10.5. The van der Waals surface area contributed by atoms with E-state index in [4.69, 9.17) is 9.47 Å². The summed E-state index contributed by atoms with van der Waals surface area (Å²) in [7, 11) is 1.41. The van der Waals surface area contributed by atoms with Crippen molar-refractivity contribution in [2.75, 3.05) is 7.11 Å². The Balaban J connectivity index is 2.25. The minimum Gasteiger partial charge on any atom is -0.512 e. The number of allylic oxidation sites excluding steroid dienone is 4. The number of esters is 1. The minimum atomic E-state index is -0.961. The first-order valence-corrected chi connectivity index (χ1v) is 11.0. The van der Waals surface area contributed by atoms with Gasteiger partial charge in [0.15, 0.2) is 23.1 Å². The molecule has 2 aliphatic carbocycles. The average Bonchev–Trinajstić information content (AvgIpc) is 2.63. The van der Waals surface area contributed by atoms with E-state index in [1.807, 2.05) is 27.7 Å². The zero-order chi connectivity index (χ0) is 24.7. The maximum atomic E-state index is 13.3. The molecule has 0 unspecified atom stereocenters. The Hall–Kier alpha value is -3.09. The first-order valence-electron chi connectivity index (χ1n) is 11.0. The summed E-state index contributed by atoms with van der Waals surface area (Å²) in [6.45, 7) is 8.86. The number of Topliss-reactive ketones (excluding diaryl/α,β-unsaturated/α-hetero) is 2. The van der Waals surface area contributed by atoms with Crippen LogP contribution in [0.25, 0.3) is 0 Å². The van der Waals surface area contributed by atoms with Gasteiger partial charge in [-0.3, -0.25) is 14.4 Å². The van der Waals surface area contributed by atoms with E-state index in [2.05, 4.69) is 0 Å². The fraction of sp³-hybridized carbons (Fsp3) is 0.500. The quantitative estimate of drug-likeness (QED) is 0.468. The summed E-state index contributed by atoms with van der Waals surface area (Å²) < 4.78 is 10.6. The molecule has 178 valence electrons. The van der Waals surface area contributed by atoms with Crippen molar-refractivity contribution < 1.29 is 34.1 Å². The van der Waals surface area contributed by atoms with Crippen LogP contribution in [0.3, 0.4) is 0 Å². The Kier molecular flexibility index (Phi) is 6.46. The largest absolute Gasteiger partial charge is 0.512 e. The van der Waals surface area contributed by atoms with Crippen LogP contribution in [0.5, 0.6) is 11.5 Å². The summed E-state index contributed by atoms with van der Waals surface area (Å²) in [5.41, 5.74) is -0.119. The van der Waals surface area contributed by atoms with Crippen molar-refractivity contribution in [2.45, 2.75) is 66.2 Å². The highest BCUT2D eigenvalue weighted by Gasteiger charge is 2.43. The van der Waals surface area contributed by atoms with Crippen LogP contribution >= 0.6 is 0 Å². The van der Waals surface area contributed by atoms with Gasteiger partial charge in [-0.1, -0.05) is 33.8 Å². The molecule has 0 fully saturated rings. The predicted molar refractivity (Wildman–Crippen MR) is 122 cm³/mol. The van der Waals surface area contributed by atoms with Gasteiger partial charge < -0.3 is 19.7 Å². The first kappa shape index (κ1) is 24.6. The number of carbonyl (C=O) groups is 3. The Morgan fingerprint density at radius 1 is 0.879 bits per heavy atom. The molecule has 3 rings (SSSR count). The van der Waals surface area contributed by atoms with Crippen LogP contribution in [0.15, 0.2) is 40.9 Å². The molecule has 0 saturated heterocycles. The summed E-state index contributed by atoms with van der Waals surface area (Å²) in [4.78, 5) is 37.9. The number of ether oxygens (including phenoxy) is 2. The molecule has 1 aromatic carbocycles. The van der Waals surface area contributed by atoms with Crippen molar-refractivity contribution in [3.05, 3.63) is 46.4 Å². The van der Waals surface area contributed by atoms with Crippen LogP contribution in [0.1, 0.15) is 71.8 Å². The molecule has 2 aliphatic rings. The highest BCUT2D eigenvalue weighted by molar-refractivity contribution is 6.05. The zero-order valence-corrected chi connectivity index (χ0v) is 20.1. The summed E-state index contributed by atoms with van der Waals surface area (Å²) in [5.74, 6) is -1.75. The molecule has 0 saturated carbocycles. The Bertz CT molecular complexity index is 1020. The van der Waals surface area contributed by atoms with Gasteiger partial charge in [-0.2, -0.15) is 0 Å². The summed E-state index contributed by atoms with van der Waals surface area (Å²) in [5, 5.41) is 21.9. The molecular weight excluding hydrogens is 424 g/mol. The van der Waals surface area contributed by atoms with Gasteiger partial charge in [-0.25, -0.2) is 0 Å². The molecular formula is C26H32O7. The number of hydrogen-bond donors (Lipinski definition) is 2. The lowest BCUT2D eigenvalue weighted by Gasteiger charge is -2.36. The van der Waals surface area contributed by atoms with Crippen LogP contribution < -0.4 is 9.47 Å². The molecule has 33 heavy (non-hydrogen) atoms. The molecule has 1 aromatic rings. The van der Waals surface area contributed by atoms with E-state index < -0.39 is 22.7 Å². The van der Waals surface area contributed by atoms with Crippen molar-refractivity contribution in [3.63, 3.8) is 0 Å². The van der Waals surface area contributed by atoms with Gasteiger partial charge in [0, 0.05) is 49.7 Å². The van der Waals surface area contributed by atoms with Crippen LogP contribution in [-0.2, 0) is 14.4 Å². The standard InChI is InChI=1S/C26H32O7/c1-14(27)33-20-8-7-15(9-21(20)32-6)22(23-16(28)10-25(2,3)11-17(23)29)24-18(30)12-26(4,5)13-19(24)31/h7-9,22,28,30H,10-13H2,1-6H3. The molecule has 0 amide bonds. The number of carbonyl (C=O) groups excluding carboxylic acids is 3. The highest BCUT2D eigenvalue weighted by Crippen LogP contribution is 2.48. The maximum Gasteiger partial charge on any atom is 0.308 e. The number of ketones is 2. The van der Waals surface area contributed by atoms with Crippen LogP contribution in [0.2, 0.25) is 0 Å². The van der Waals surface area contributed by atoms with Gasteiger partial charge in [-0.15, -0.1) is 0 Å². The Morgan fingerprint density at radius 3 is 1.76 bits per heavy atom. The molecule has 0 bridgehead atoms. The number of methoxy groups -OCH3 is 1. The van der Waals surface area contributed by atoms with E-state index in [9.17, 15) is 24.6 Å². The van der Waals surface area contributed by atoms with Gasteiger partial charge in [0.25, 0.3) is 0 Å². The molecule has 7 nitrogen and oxygen atoms in total. The van der Waals surface area contributed by atoms with Gasteiger partial charge >= 0.3 is 5.97 Å². The van der Waals surface area contributed by atoms with Crippen LogP contribution in [0.4, 0.5) is 0 Å². The smallest absolute Gasteiger partial charge is 0.308 e. The summed E-state index contributed by atoms with van der Waals surface area (Å²) in [6, 6.07) is 4.71. The number of hydrogen-bond acceptors (Lipinski definition) is 7. The highest BCUT2D eigenvalue weighted by atomic mass is 16.6. The van der Waals surface area contributed by atoms with Crippen molar-refractivity contribution in [1.82, 2.24) is 0 Å². The molecule has 2 N–H and O–H groups in total. The third-order valence-electron chi connectivity index (χ3n) is 6.14. The molecule has 0 aliphatic heterocycles. The maximum absolute atomic E-state index is 13.3. The van der Waals surface area contributed by atoms with Crippen molar-refractivity contribution >= 4 is 17.5 Å². The lowest BCUT2D eigenvalue weighted by molar-refractivity contribution is -0.132. The normalized spacial score (nSPS) is 20.3. The van der Waals surface area contributed by atoms with E-state index in [0.717, 1.165) is 0 Å². The molecule has 0 radical (unpaired) electrons. The second-order valence-electron chi connectivity index (χ2n) is 10.5. The third-order valence-corrected chi connectivity index (χ3v) is 6.14. The van der Waals surface area contributed by atoms with Crippen molar-refractivity contribution in [3.8, 4) is 11.5 Å². The minimum absolute atomic E-state index is 0.0813. The van der Waals surface area contributed by atoms with E-state index in [1.165, 1.54) is 20.1 Å². The third kappa shape index (κ3) is 5.13. The number of aliphatic hydroxyl groups excluding tert-OH is 2. The van der Waals surface area contributed by atoms with E-state index in [0.29, 0.717) is 5.56 Å². The molecule has 0 heterocycles. The Morgan fingerprint density at radius 2 is 1.36 bits per heavy atom. The van der Waals surface area contributed by atoms with E-state index in [-0.39, 0.29) is 71.4 Å². The molecule has 0 aromatic heterocycles. The van der Waals surface area contributed by atoms with Crippen LogP contribution in [0, 0.1) is 10.8 Å². The topological polar surface area (TPSA) is 110 Å². The zero-order valence-electron chi connectivity index (χ0n) is 20.1. The fourth-order valence-electron chi connectivity index (χ4n) is 4.84. The van der Waals surface area contributed by atoms with Crippen molar-refractivity contribution in [1.29, 1.82) is 0 Å². The average molecular weight is 457 g/mol. The number of rotatable bonds is 5. The molecule has 0 atom stereocenters. The molecule has 7 heteroatoms. The van der Waals surface area contributed by atoms with Crippen molar-refractivity contribution in [2.24, 2.45) is 10.8 Å². The fourth-order valence-corrected chi connectivity index (χ4v) is 4.84. The van der Waals surface area contributed by atoms with Gasteiger partial charge in [0.2, 0.25) is 0 Å². The van der Waals surface area contributed by atoms with E-state index >= 15 is 0 Å². The lowest BCUT2D eigenvalue weighted by Crippen LogP contribution is -2.33. The van der Waals surface area contributed by atoms with E-state index in [1.54, 1.807) is 12.1 Å². The van der Waals surface area contributed by atoms with Gasteiger partial charge in [-0.05, 0) is 28.5 Å². The monoisotopic (exact) mass is 456 g/mol. The molecule has 0 spiro atoms. The SMILES string of the molecule is COc1cc(C(C2=C(O)CC(C)(C)CC2=O)C2=C(O)CC(C)(C)CC2=O)ccc1OC(C)=O.